The molecule has 0 spiro atoms. The molecule has 5 nitrogen and oxygen atoms in total. The maximum absolute atomic E-state index is 12.7. The van der Waals surface area contributed by atoms with Crippen molar-refractivity contribution in [2.24, 2.45) is 11.7 Å². The van der Waals surface area contributed by atoms with Gasteiger partial charge in [-0.3, -0.25) is 9.69 Å². The Bertz CT molecular complexity index is 538. The highest BCUT2D eigenvalue weighted by molar-refractivity contribution is 5.94. The summed E-state index contributed by atoms with van der Waals surface area (Å²) in [6.07, 6.45) is 2.17. The van der Waals surface area contributed by atoms with E-state index in [1.807, 2.05) is 24.0 Å². The first-order valence-corrected chi connectivity index (χ1v) is 9.07. The van der Waals surface area contributed by atoms with E-state index in [2.05, 4.69) is 17.0 Å². The highest BCUT2D eigenvalue weighted by atomic mass is 16.5. The summed E-state index contributed by atoms with van der Waals surface area (Å²) in [5.74, 6) is 0.557. The van der Waals surface area contributed by atoms with Crippen LogP contribution in [-0.4, -0.2) is 61.1 Å². The van der Waals surface area contributed by atoms with Gasteiger partial charge in [-0.15, -0.1) is 0 Å². The highest BCUT2D eigenvalue weighted by Gasteiger charge is 2.26. The number of nitrogens with two attached hydrogens (primary N) is 1. The molecule has 132 valence electrons. The highest BCUT2D eigenvalue weighted by Crippen LogP contribution is 2.21. The SMILES string of the molecule is C[C@H](N)[C@H]1CCCN(C(=O)c2ccc(CN3CCOCC3)cc2)C1. The molecule has 1 aromatic rings. The molecule has 24 heavy (non-hydrogen) atoms. The average molecular weight is 331 g/mol. The molecule has 2 atom stereocenters. The molecular formula is C19H29N3O2. The Morgan fingerprint density at radius 1 is 1.25 bits per heavy atom. The van der Waals surface area contributed by atoms with E-state index < -0.39 is 0 Å². The van der Waals surface area contributed by atoms with Gasteiger partial charge < -0.3 is 15.4 Å². The third kappa shape index (κ3) is 4.35. The zero-order valence-corrected chi connectivity index (χ0v) is 14.6. The number of carbonyl (C=O) groups excluding carboxylic acids is 1. The van der Waals surface area contributed by atoms with E-state index in [4.69, 9.17) is 10.5 Å². The van der Waals surface area contributed by atoms with Crippen LogP contribution in [-0.2, 0) is 11.3 Å². The van der Waals surface area contributed by atoms with Crippen molar-refractivity contribution in [2.75, 3.05) is 39.4 Å². The molecule has 5 heteroatoms. The Labute approximate surface area is 144 Å². The van der Waals surface area contributed by atoms with Gasteiger partial charge in [0.25, 0.3) is 5.91 Å². The number of carbonyl (C=O) groups is 1. The first-order chi connectivity index (χ1) is 11.6. The van der Waals surface area contributed by atoms with Gasteiger partial charge in [-0.2, -0.15) is 0 Å². The summed E-state index contributed by atoms with van der Waals surface area (Å²) < 4.78 is 5.38. The minimum atomic E-state index is 0.137. The number of piperidine rings is 1. The lowest BCUT2D eigenvalue weighted by Crippen LogP contribution is -2.45. The fraction of sp³-hybridized carbons (Fsp3) is 0.632. The van der Waals surface area contributed by atoms with E-state index >= 15 is 0 Å². The van der Waals surface area contributed by atoms with Gasteiger partial charge in [0.15, 0.2) is 0 Å². The van der Waals surface area contributed by atoms with Crippen molar-refractivity contribution >= 4 is 5.91 Å². The van der Waals surface area contributed by atoms with E-state index in [9.17, 15) is 4.79 Å². The fourth-order valence-electron chi connectivity index (χ4n) is 3.58. The van der Waals surface area contributed by atoms with Crippen LogP contribution in [0.1, 0.15) is 35.7 Å². The molecule has 2 aliphatic rings. The molecule has 2 heterocycles. The summed E-state index contributed by atoms with van der Waals surface area (Å²) in [7, 11) is 0. The lowest BCUT2D eigenvalue weighted by molar-refractivity contribution is 0.0342. The molecular weight excluding hydrogens is 302 g/mol. The van der Waals surface area contributed by atoms with E-state index in [0.29, 0.717) is 5.92 Å². The molecule has 0 aliphatic carbocycles. The maximum atomic E-state index is 12.7. The predicted octanol–water partition coefficient (Wildman–Crippen LogP) is 1.72. The van der Waals surface area contributed by atoms with Crippen LogP contribution < -0.4 is 5.73 Å². The zero-order chi connectivity index (χ0) is 16.9. The largest absolute Gasteiger partial charge is 0.379 e. The molecule has 0 aromatic heterocycles. The molecule has 2 saturated heterocycles. The standard InChI is InChI=1S/C19H29N3O2/c1-15(20)18-3-2-8-22(14-18)19(23)17-6-4-16(5-7-17)13-21-9-11-24-12-10-21/h4-7,15,18H,2-3,8-14,20H2,1H3/t15-,18-/m0/s1. The number of benzene rings is 1. The number of amides is 1. The molecule has 2 fully saturated rings. The van der Waals surface area contributed by atoms with E-state index in [0.717, 1.165) is 64.3 Å². The summed E-state index contributed by atoms with van der Waals surface area (Å²) in [5, 5.41) is 0. The number of morpholine rings is 1. The normalized spacial score (nSPS) is 23.9. The lowest BCUT2D eigenvalue weighted by atomic mass is 9.92. The molecule has 2 N–H and O–H groups in total. The minimum absolute atomic E-state index is 0.137. The molecule has 1 aromatic carbocycles. The first kappa shape index (κ1) is 17.4. The number of hydrogen-bond donors (Lipinski definition) is 1. The fourth-order valence-corrected chi connectivity index (χ4v) is 3.58. The first-order valence-electron chi connectivity index (χ1n) is 9.07. The van der Waals surface area contributed by atoms with Crippen molar-refractivity contribution in [3.8, 4) is 0 Å². The van der Waals surface area contributed by atoms with Crippen LogP contribution in [0.2, 0.25) is 0 Å². The number of ether oxygens (including phenoxy) is 1. The lowest BCUT2D eigenvalue weighted by Gasteiger charge is -2.34. The molecule has 0 unspecified atom stereocenters. The Morgan fingerprint density at radius 3 is 2.62 bits per heavy atom. The summed E-state index contributed by atoms with van der Waals surface area (Å²) in [6.45, 7) is 8.18. The second-order valence-electron chi connectivity index (χ2n) is 7.10. The third-order valence-corrected chi connectivity index (χ3v) is 5.20. The Hall–Kier alpha value is -1.43. The van der Waals surface area contributed by atoms with Crippen LogP contribution in [0.4, 0.5) is 0 Å². The quantitative estimate of drug-likeness (QED) is 0.913. The van der Waals surface area contributed by atoms with Crippen molar-refractivity contribution in [1.29, 1.82) is 0 Å². The zero-order valence-electron chi connectivity index (χ0n) is 14.6. The van der Waals surface area contributed by atoms with Crippen LogP contribution in [0, 0.1) is 5.92 Å². The summed E-state index contributed by atoms with van der Waals surface area (Å²) >= 11 is 0. The predicted molar refractivity (Wildman–Crippen MR) is 94.8 cm³/mol. The molecule has 0 saturated carbocycles. The molecule has 3 rings (SSSR count). The maximum Gasteiger partial charge on any atom is 0.253 e. The van der Waals surface area contributed by atoms with Gasteiger partial charge >= 0.3 is 0 Å². The van der Waals surface area contributed by atoms with Crippen LogP contribution in [0.15, 0.2) is 24.3 Å². The second-order valence-corrected chi connectivity index (χ2v) is 7.10. The second kappa shape index (κ2) is 8.10. The third-order valence-electron chi connectivity index (χ3n) is 5.20. The monoisotopic (exact) mass is 331 g/mol. The van der Waals surface area contributed by atoms with Crippen molar-refractivity contribution in [1.82, 2.24) is 9.80 Å². The van der Waals surface area contributed by atoms with Gasteiger partial charge in [0.2, 0.25) is 0 Å². The Kier molecular flexibility index (Phi) is 5.87. The van der Waals surface area contributed by atoms with Crippen molar-refractivity contribution in [3.05, 3.63) is 35.4 Å². The number of rotatable bonds is 4. The van der Waals surface area contributed by atoms with Crippen LogP contribution in [0.5, 0.6) is 0 Å². The summed E-state index contributed by atoms with van der Waals surface area (Å²) in [4.78, 5) is 17.1. The van der Waals surface area contributed by atoms with E-state index in [-0.39, 0.29) is 11.9 Å². The van der Waals surface area contributed by atoms with Gasteiger partial charge in [0.1, 0.15) is 0 Å². The van der Waals surface area contributed by atoms with Gasteiger partial charge in [0, 0.05) is 44.3 Å². The van der Waals surface area contributed by atoms with Gasteiger partial charge in [-0.25, -0.2) is 0 Å². The van der Waals surface area contributed by atoms with E-state index in [1.54, 1.807) is 0 Å². The number of hydrogen-bond acceptors (Lipinski definition) is 4. The van der Waals surface area contributed by atoms with Gasteiger partial charge in [-0.05, 0) is 43.4 Å². The summed E-state index contributed by atoms with van der Waals surface area (Å²) in [6, 6.07) is 8.24. The van der Waals surface area contributed by atoms with E-state index in [1.165, 1.54) is 5.56 Å². The molecule has 1 amide bonds. The Balaban J connectivity index is 1.59. The minimum Gasteiger partial charge on any atom is -0.379 e. The molecule has 0 radical (unpaired) electrons. The molecule has 0 bridgehead atoms. The molecule has 2 aliphatic heterocycles. The van der Waals surface area contributed by atoms with Crippen LogP contribution in [0.3, 0.4) is 0 Å². The smallest absolute Gasteiger partial charge is 0.253 e. The van der Waals surface area contributed by atoms with Crippen molar-refractivity contribution in [2.45, 2.75) is 32.4 Å². The number of likely N-dealkylation sites (tertiary alicyclic amines) is 1. The summed E-state index contributed by atoms with van der Waals surface area (Å²) in [5.41, 5.74) is 8.06. The van der Waals surface area contributed by atoms with Crippen molar-refractivity contribution in [3.63, 3.8) is 0 Å². The van der Waals surface area contributed by atoms with Gasteiger partial charge in [-0.1, -0.05) is 12.1 Å². The van der Waals surface area contributed by atoms with Crippen LogP contribution in [0.25, 0.3) is 0 Å². The Morgan fingerprint density at radius 2 is 1.96 bits per heavy atom. The average Bonchev–Trinajstić information content (AvgIpc) is 2.63. The topological polar surface area (TPSA) is 58.8 Å². The number of nitrogens with zero attached hydrogens (tertiary/aromatic N) is 2. The van der Waals surface area contributed by atoms with Gasteiger partial charge in [0.05, 0.1) is 13.2 Å². The van der Waals surface area contributed by atoms with Crippen molar-refractivity contribution < 1.29 is 9.53 Å². The van der Waals surface area contributed by atoms with Crippen LogP contribution >= 0.6 is 0 Å².